The Morgan fingerprint density at radius 1 is 1.30 bits per heavy atom. The molecule has 20 heavy (non-hydrogen) atoms. The van der Waals surface area contributed by atoms with E-state index in [2.05, 4.69) is 5.32 Å². The van der Waals surface area contributed by atoms with Gasteiger partial charge in [0.05, 0.1) is 19.3 Å². The van der Waals surface area contributed by atoms with Gasteiger partial charge in [-0.15, -0.1) is 0 Å². The first kappa shape index (κ1) is 16.7. The molecule has 4 nitrogen and oxygen atoms in total. The summed E-state index contributed by atoms with van der Waals surface area (Å²) < 4.78 is 24.1. The summed E-state index contributed by atoms with van der Waals surface area (Å²) in [5, 5.41) is 12.7. The van der Waals surface area contributed by atoms with E-state index < -0.39 is 11.9 Å². The zero-order valence-corrected chi connectivity index (χ0v) is 12.4. The summed E-state index contributed by atoms with van der Waals surface area (Å²) >= 11 is 0. The fourth-order valence-electron chi connectivity index (χ4n) is 1.62. The second kappa shape index (κ2) is 8.76. The van der Waals surface area contributed by atoms with Crippen molar-refractivity contribution in [3.05, 3.63) is 24.0 Å². The van der Waals surface area contributed by atoms with Crippen LogP contribution in [0.2, 0.25) is 0 Å². The summed E-state index contributed by atoms with van der Waals surface area (Å²) in [4.78, 5) is 0. The van der Waals surface area contributed by atoms with E-state index in [1.807, 2.05) is 13.8 Å². The Hall–Kier alpha value is -1.33. The van der Waals surface area contributed by atoms with Crippen molar-refractivity contribution in [3.8, 4) is 5.75 Å². The van der Waals surface area contributed by atoms with Crippen LogP contribution in [-0.2, 0) is 4.74 Å². The fraction of sp³-hybridized carbons (Fsp3) is 0.600. The van der Waals surface area contributed by atoms with Gasteiger partial charge in [0, 0.05) is 24.9 Å². The summed E-state index contributed by atoms with van der Waals surface area (Å²) in [6, 6.07) is 4.64. The summed E-state index contributed by atoms with van der Waals surface area (Å²) in [6.07, 6.45) is -0.622. The van der Waals surface area contributed by atoms with Crippen LogP contribution >= 0.6 is 0 Å². The van der Waals surface area contributed by atoms with Gasteiger partial charge >= 0.3 is 0 Å². The van der Waals surface area contributed by atoms with Gasteiger partial charge in [-0.05, 0) is 25.0 Å². The highest BCUT2D eigenvalue weighted by Gasteiger charge is 2.07. The molecule has 1 aromatic rings. The maximum absolute atomic E-state index is 13.6. The molecule has 0 saturated heterocycles. The van der Waals surface area contributed by atoms with Crippen molar-refractivity contribution in [2.24, 2.45) is 5.92 Å². The predicted octanol–water partition coefficient (Wildman–Crippen LogP) is 2.67. The van der Waals surface area contributed by atoms with Crippen LogP contribution in [0.15, 0.2) is 18.2 Å². The van der Waals surface area contributed by atoms with Crippen molar-refractivity contribution in [1.82, 2.24) is 0 Å². The number of hydrogen-bond donors (Lipinski definition) is 2. The van der Waals surface area contributed by atoms with E-state index in [1.54, 1.807) is 19.1 Å². The maximum atomic E-state index is 13.6. The minimum absolute atomic E-state index is 0.235. The zero-order chi connectivity index (χ0) is 15.0. The van der Waals surface area contributed by atoms with Crippen LogP contribution in [0.25, 0.3) is 0 Å². The molecule has 5 heteroatoms. The second-order valence-corrected chi connectivity index (χ2v) is 5.04. The number of hydrogen-bond acceptors (Lipinski definition) is 4. The van der Waals surface area contributed by atoms with Crippen molar-refractivity contribution in [3.63, 3.8) is 0 Å². The zero-order valence-electron chi connectivity index (χ0n) is 12.4. The molecule has 1 rings (SSSR count). The minimum Gasteiger partial charge on any atom is -0.491 e. The fourth-order valence-corrected chi connectivity index (χ4v) is 1.62. The largest absolute Gasteiger partial charge is 0.491 e. The number of aliphatic hydroxyl groups is 1. The van der Waals surface area contributed by atoms with Gasteiger partial charge in [-0.2, -0.15) is 0 Å². The molecular weight excluding hydrogens is 261 g/mol. The third-order valence-electron chi connectivity index (χ3n) is 2.53. The Balaban J connectivity index is 2.35. The monoisotopic (exact) mass is 285 g/mol. The molecule has 0 aromatic heterocycles. The first-order valence-electron chi connectivity index (χ1n) is 6.95. The van der Waals surface area contributed by atoms with E-state index in [-0.39, 0.29) is 12.4 Å². The first-order valence-corrected chi connectivity index (χ1v) is 6.95. The Bertz CT molecular complexity index is 399. The third kappa shape index (κ3) is 6.21. The van der Waals surface area contributed by atoms with Crippen LogP contribution in [0.3, 0.4) is 0 Å². The van der Waals surface area contributed by atoms with Gasteiger partial charge in [0.15, 0.2) is 11.6 Å². The van der Waals surface area contributed by atoms with Crippen molar-refractivity contribution in [2.45, 2.75) is 26.9 Å². The van der Waals surface area contributed by atoms with Gasteiger partial charge in [-0.1, -0.05) is 13.8 Å². The normalized spacial score (nSPS) is 12.5. The lowest BCUT2D eigenvalue weighted by Gasteiger charge is -2.14. The van der Waals surface area contributed by atoms with E-state index in [4.69, 9.17) is 9.47 Å². The SMILES string of the molecule is CCOc1ccc(NCC(O)COCC(C)C)cc1F. The third-order valence-corrected chi connectivity index (χ3v) is 2.53. The van der Waals surface area contributed by atoms with E-state index in [0.717, 1.165) is 0 Å². The molecule has 0 fully saturated rings. The second-order valence-electron chi connectivity index (χ2n) is 5.04. The number of anilines is 1. The number of halogens is 1. The number of nitrogens with one attached hydrogen (secondary N) is 1. The molecule has 0 heterocycles. The molecule has 0 aliphatic carbocycles. The Morgan fingerprint density at radius 3 is 2.65 bits per heavy atom. The molecule has 0 spiro atoms. The highest BCUT2D eigenvalue weighted by atomic mass is 19.1. The topological polar surface area (TPSA) is 50.7 Å². The lowest BCUT2D eigenvalue weighted by molar-refractivity contribution is 0.0318. The smallest absolute Gasteiger partial charge is 0.167 e. The molecule has 0 saturated carbocycles. The minimum atomic E-state index is -0.622. The molecular formula is C15H24FNO3. The van der Waals surface area contributed by atoms with Crippen LogP contribution < -0.4 is 10.1 Å². The molecule has 1 aromatic carbocycles. The van der Waals surface area contributed by atoms with Crippen molar-refractivity contribution >= 4 is 5.69 Å². The highest BCUT2D eigenvalue weighted by Crippen LogP contribution is 2.21. The van der Waals surface area contributed by atoms with Crippen molar-refractivity contribution in [1.29, 1.82) is 0 Å². The molecule has 0 aliphatic heterocycles. The molecule has 0 bridgehead atoms. The van der Waals surface area contributed by atoms with Gasteiger partial charge < -0.3 is 19.9 Å². The van der Waals surface area contributed by atoms with Crippen LogP contribution in [-0.4, -0.2) is 37.6 Å². The average Bonchev–Trinajstić information content (AvgIpc) is 2.39. The standard InChI is InChI=1S/C15H24FNO3/c1-4-20-15-6-5-12(7-14(15)16)17-8-13(18)10-19-9-11(2)3/h5-7,11,13,17-18H,4,8-10H2,1-3H3. The van der Waals surface area contributed by atoms with Gasteiger partial charge in [0.2, 0.25) is 0 Å². The van der Waals surface area contributed by atoms with Gasteiger partial charge in [0.1, 0.15) is 0 Å². The number of benzene rings is 1. The molecule has 114 valence electrons. The summed E-state index contributed by atoms with van der Waals surface area (Å²) in [6.45, 7) is 7.53. The Morgan fingerprint density at radius 2 is 2.05 bits per heavy atom. The number of rotatable bonds is 9. The lowest BCUT2D eigenvalue weighted by Crippen LogP contribution is -2.25. The van der Waals surface area contributed by atoms with Gasteiger partial charge in [-0.25, -0.2) is 4.39 Å². The van der Waals surface area contributed by atoms with Crippen molar-refractivity contribution < 1.29 is 19.0 Å². The van der Waals surface area contributed by atoms with Crippen molar-refractivity contribution in [2.75, 3.05) is 31.7 Å². The highest BCUT2D eigenvalue weighted by molar-refractivity contribution is 5.47. The Kier molecular flexibility index (Phi) is 7.33. The predicted molar refractivity (Wildman–Crippen MR) is 77.7 cm³/mol. The van der Waals surface area contributed by atoms with E-state index in [1.165, 1.54) is 6.07 Å². The maximum Gasteiger partial charge on any atom is 0.167 e. The summed E-state index contributed by atoms with van der Waals surface area (Å²) in [5.74, 6) is 0.261. The number of ether oxygens (including phenoxy) is 2. The first-order chi connectivity index (χ1) is 9.52. The molecule has 0 radical (unpaired) electrons. The quantitative estimate of drug-likeness (QED) is 0.732. The van der Waals surface area contributed by atoms with Gasteiger partial charge in [0.25, 0.3) is 0 Å². The summed E-state index contributed by atoms with van der Waals surface area (Å²) in [5.41, 5.74) is 0.605. The van der Waals surface area contributed by atoms with Crippen LogP contribution in [0.1, 0.15) is 20.8 Å². The average molecular weight is 285 g/mol. The van der Waals surface area contributed by atoms with E-state index in [0.29, 0.717) is 31.4 Å². The number of aliphatic hydroxyl groups excluding tert-OH is 1. The van der Waals surface area contributed by atoms with Crippen LogP contribution in [0, 0.1) is 11.7 Å². The molecule has 0 amide bonds. The van der Waals surface area contributed by atoms with Gasteiger partial charge in [-0.3, -0.25) is 0 Å². The molecule has 0 aliphatic rings. The lowest BCUT2D eigenvalue weighted by atomic mass is 10.2. The molecule has 2 N–H and O–H groups in total. The Labute approximate surface area is 119 Å². The molecule has 1 unspecified atom stereocenters. The van der Waals surface area contributed by atoms with E-state index >= 15 is 0 Å². The van der Waals surface area contributed by atoms with Crippen LogP contribution in [0.4, 0.5) is 10.1 Å². The van der Waals surface area contributed by atoms with E-state index in [9.17, 15) is 9.50 Å². The summed E-state index contributed by atoms with van der Waals surface area (Å²) in [7, 11) is 0. The van der Waals surface area contributed by atoms with Crippen LogP contribution in [0.5, 0.6) is 5.75 Å². The molecule has 1 atom stereocenters.